The molecule has 1 aliphatic carbocycles. The highest BCUT2D eigenvalue weighted by Gasteiger charge is 2.50. The maximum atomic E-state index is 15.0. The van der Waals surface area contributed by atoms with Crippen molar-refractivity contribution < 1.29 is 30.7 Å². The number of anilines is 2. The molecule has 0 amide bonds. The second kappa shape index (κ2) is 11.8. The molecule has 244 valence electrons. The highest BCUT2D eigenvalue weighted by atomic mass is 32.2. The number of ether oxygens (including phenoxy) is 1. The average molecular weight is 653 g/mol. The van der Waals surface area contributed by atoms with Crippen LogP contribution in [0.25, 0.3) is 22.2 Å². The van der Waals surface area contributed by atoms with Gasteiger partial charge < -0.3 is 10.1 Å². The van der Waals surface area contributed by atoms with Gasteiger partial charge in [0.1, 0.15) is 11.5 Å². The van der Waals surface area contributed by atoms with Crippen molar-refractivity contribution in [2.75, 3.05) is 42.1 Å². The summed E-state index contributed by atoms with van der Waals surface area (Å²) in [5, 5.41) is 4.00. The monoisotopic (exact) mass is 652 g/mol. The van der Waals surface area contributed by atoms with Gasteiger partial charge in [0.15, 0.2) is 0 Å². The summed E-state index contributed by atoms with van der Waals surface area (Å²) in [5.41, 5.74) is 0.202. The van der Waals surface area contributed by atoms with Crippen molar-refractivity contribution >= 4 is 32.7 Å². The number of rotatable bonds is 9. The third kappa shape index (κ3) is 6.80. The maximum Gasteiger partial charge on any atom is 0.390 e. The predicted octanol–water partition coefficient (Wildman–Crippen LogP) is 4.93. The fraction of sp³-hybridized carbons (Fsp3) is 0.567. The van der Waals surface area contributed by atoms with E-state index in [0.29, 0.717) is 28.4 Å². The second-order valence-corrected chi connectivity index (χ2v) is 14.7. The molecule has 1 saturated carbocycles. The van der Waals surface area contributed by atoms with Gasteiger partial charge in [0.05, 0.1) is 31.1 Å². The van der Waals surface area contributed by atoms with E-state index in [-0.39, 0.29) is 23.2 Å². The standard InChI is InChI=1S/C30H36F4N6O4S/c1-18(2)40-26-20(13-35-28(37-26)36-21-4-6-22(7-5-21)39-14-29(15-39)16-44-17-29)11-23(27(40)41)19-3-8-25(24(31)12-19)38-45(42,43)10-9-30(32,33)34/h3,8,11-13,18,21-22,38H,4-7,9-10,14-17H2,1-2H3,(H,35,36,37)/t21-,22-. The number of alkyl halides is 3. The first-order chi connectivity index (χ1) is 21.2. The largest absolute Gasteiger partial charge is 0.390 e. The van der Waals surface area contributed by atoms with Gasteiger partial charge in [-0.1, -0.05) is 6.07 Å². The molecule has 10 nitrogen and oxygen atoms in total. The zero-order chi connectivity index (χ0) is 32.1. The molecule has 0 radical (unpaired) electrons. The highest BCUT2D eigenvalue weighted by Crippen LogP contribution is 2.41. The molecule has 0 atom stereocenters. The smallest absolute Gasteiger partial charge is 0.380 e. The molecule has 1 spiro atoms. The molecule has 2 aliphatic heterocycles. The van der Waals surface area contributed by atoms with Crippen molar-refractivity contribution in [3.8, 4) is 11.1 Å². The fourth-order valence-electron chi connectivity index (χ4n) is 6.52. The van der Waals surface area contributed by atoms with Crippen LogP contribution in [0.5, 0.6) is 0 Å². The third-order valence-electron chi connectivity index (χ3n) is 8.93. The number of halogens is 4. The van der Waals surface area contributed by atoms with Crippen LogP contribution >= 0.6 is 0 Å². The van der Waals surface area contributed by atoms with Crippen molar-refractivity contribution in [2.45, 2.75) is 70.3 Å². The summed E-state index contributed by atoms with van der Waals surface area (Å²) in [6.07, 6.45) is -0.474. The van der Waals surface area contributed by atoms with E-state index in [1.807, 2.05) is 18.6 Å². The topological polar surface area (TPSA) is 118 Å². The molecule has 3 aliphatic rings. The average Bonchev–Trinajstić information content (AvgIpc) is 2.91. The van der Waals surface area contributed by atoms with Gasteiger partial charge in [0.25, 0.3) is 5.56 Å². The molecular weight excluding hydrogens is 616 g/mol. The second-order valence-electron chi connectivity index (χ2n) is 12.8. The lowest BCUT2D eigenvalue weighted by Gasteiger charge is -2.58. The van der Waals surface area contributed by atoms with Crippen LogP contribution in [-0.2, 0) is 14.8 Å². The van der Waals surface area contributed by atoms with Gasteiger partial charge in [-0.2, -0.15) is 18.2 Å². The summed E-state index contributed by atoms with van der Waals surface area (Å²) >= 11 is 0. The predicted molar refractivity (Wildman–Crippen MR) is 162 cm³/mol. The minimum absolute atomic E-state index is 0.144. The first-order valence-corrected chi connectivity index (χ1v) is 16.7. The van der Waals surface area contributed by atoms with Crippen molar-refractivity contribution in [2.24, 2.45) is 5.41 Å². The summed E-state index contributed by atoms with van der Waals surface area (Å²) in [6, 6.07) is 5.45. The molecule has 4 heterocycles. The van der Waals surface area contributed by atoms with E-state index in [2.05, 4.69) is 15.2 Å². The number of likely N-dealkylation sites (tertiary alicyclic amines) is 1. The molecule has 2 N–H and O–H groups in total. The number of fused-ring (bicyclic) bond motifs is 1. The van der Waals surface area contributed by atoms with Crippen molar-refractivity contribution in [1.82, 2.24) is 19.4 Å². The van der Waals surface area contributed by atoms with Crippen LogP contribution in [-0.4, -0.2) is 78.2 Å². The fourth-order valence-corrected chi connectivity index (χ4v) is 7.63. The number of hydrogen-bond donors (Lipinski definition) is 2. The zero-order valence-electron chi connectivity index (χ0n) is 25.0. The Balaban J connectivity index is 1.18. The number of nitrogens with one attached hydrogen (secondary N) is 2. The summed E-state index contributed by atoms with van der Waals surface area (Å²) in [7, 11) is -4.45. The van der Waals surface area contributed by atoms with E-state index in [0.717, 1.165) is 64.1 Å². The van der Waals surface area contributed by atoms with Crippen LogP contribution in [0.4, 0.5) is 29.2 Å². The zero-order valence-corrected chi connectivity index (χ0v) is 25.8. The number of benzene rings is 1. The summed E-state index contributed by atoms with van der Waals surface area (Å²) in [5.74, 6) is -1.85. The minimum Gasteiger partial charge on any atom is -0.380 e. The Bertz CT molecular complexity index is 1740. The van der Waals surface area contributed by atoms with Gasteiger partial charge in [0.2, 0.25) is 16.0 Å². The molecule has 0 bridgehead atoms. The van der Waals surface area contributed by atoms with E-state index in [1.165, 1.54) is 10.6 Å². The molecular formula is C30H36F4N6O4S. The molecule has 15 heteroatoms. The number of sulfonamides is 1. The number of nitrogens with zero attached hydrogens (tertiary/aromatic N) is 4. The van der Waals surface area contributed by atoms with Crippen molar-refractivity contribution in [3.63, 3.8) is 0 Å². The Labute approximate surface area is 258 Å². The molecule has 2 saturated heterocycles. The molecule has 1 aromatic carbocycles. The number of pyridine rings is 1. The Morgan fingerprint density at radius 3 is 2.42 bits per heavy atom. The third-order valence-corrected chi connectivity index (χ3v) is 10.2. The summed E-state index contributed by atoms with van der Waals surface area (Å²) in [6.45, 7) is 7.67. The highest BCUT2D eigenvalue weighted by molar-refractivity contribution is 7.92. The van der Waals surface area contributed by atoms with Gasteiger partial charge in [-0.15, -0.1) is 0 Å². The minimum atomic E-state index is -4.67. The molecule has 0 unspecified atom stereocenters. The van der Waals surface area contributed by atoms with Crippen LogP contribution < -0.4 is 15.6 Å². The van der Waals surface area contributed by atoms with Crippen LogP contribution in [0.2, 0.25) is 0 Å². The van der Waals surface area contributed by atoms with Gasteiger partial charge in [0, 0.05) is 53.8 Å². The SMILES string of the molecule is CC(C)n1c(=O)c(-c2ccc(NS(=O)(=O)CCC(F)(F)F)c(F)c2)cc2cnc(N[C@H]3CC[C@H](N4CC5(COC5)C4)CC3)nc21. The van der Waals surface area contributed by atoms with Crippen LogP contribution in [0.3, 0.4) is 0 Å². The first-order valence-electron chi connectivity index (χ1n) is 15.1. The molecule has 2 aromatic heterocycles. The van der Waals surface area contributed by atoms with E-state index in [4.69, 9.17) is 9.72 Å². The lowest BCUT2D eigenvalue weighted by Crippen LogP contribution is -2.68. The Kier molecular flexibility index (Phi) is 8.31. The van der Waals surface area contributed by atoms with E-state index >= 15 is 0 Å². The lowest BCUT2D eigenvalue weighted by atomic mass is 9.75. The number of aromatic nitrogens is 3. The van der Waals surface area contributed by atoms with Crippen molar-refractivity contribution in [1.29, 1.82) is 0 Å². The van der Waals surface area contributed by atoms with E-state index in [1.54, 1.807) is 12.3 Å². The van der Waals surface area contributed by atoms with E-state index in [9.17, 15) is 30.8 Å². The molecule has 45 heavy (non-hydrogen) atoms. The maximum absolute atomic E-state index is 15.0. The normalized spacial score (nSPS) is 21.9. The van der Waals surface area contributed by atoms with E-state index < -0.39 is 45.4 Å². The molecule has 3 fully saturated rings. The van der Waals surface area contributed by atoms with Crippen LogP contribution in [0, 0.1) is 11.2 Å². The lowest BCUT2D eigenvalue weighted by molar-refractivity contribution is -0.200. The Hall–Kier alpha value is -3.30. The van der Waals surface area contributed by atoms with Gasteiger partial charge >= 0.3 is 6.18 Å². The Morgan fingerprint density at radius 1 is 1.11 bits per heavy atom. The van der Waals surface area contributed by atoms with Crippen LogP contribution in [0.1, 0.15) is 52.0 Å². The molecule has 3 aromatic rings. The van der Waals surface area contributed by atoms with Gasteiger partial charge in [-0.25, -0.2) is 17.8 Å². The quantitative estimate of drug-likeness (QED) is 0.313. The van der Waals surface area contributed by atoms with Gasteiger partial charge in [-0.05, 0) is 63.3 Å². The Morgan fingerprint density at radius 2 is 1.82 bits per heavy atom. The molecule has 6 rings (SSSR count). The summed E-state index contributed by atoms with van der Waals surface area (Å²) in [4.78, 5) is 25.4. The summed E-state index contributed by atoms with van der Waals surface area (Å²) < 4.78 is 85.3. The van der Waals surface area contributed by atoms with Crippen LogP contribution in [0.15, 0.2) is 35.3 Å². The van der Waals surface area contributed by atoms with Gasteiger partial charge in [-0.3, -0.25) is 19.0 Å². The first kappa shape index (κ1) is 31.7. The number of hydrogen-bond acceptors (Lipinski definition) is 8. The van der Waals surface area contributed by atoms with Crippen molar-refractivity contribution in [3.05, 3.63) is 46.6 Å².